The van der Waals surface area contributed by atoms with Gasteiger partial charge in [0.1, 0.15) is 11.4 Å². The normalized spacial score (nSPS) is 19.0. The first kappa shape index (κ1) is 20.2. The number of nitrogens with zero attached hydrogens (tertiary/aromatic N) is 2. The van der Waals surface area contributed by atoms with Gasteiger partial charge in [-0.1, -0.05) is 31.2 Å². The van der Waals surface area contributed by atoms with Crippen LogP contribution in [-0.4, -0.2) is 42.1 Å². The third-order valence-electron chi connectivity index (χ3n) is 4.87. The number of halogens is 3. The van der Waals surface area contributed by atoms with Crippen LogP contribution in [-0.2, 0) is 11.2 Å². The number of hydrogen-bond acceptors (Lipinski definition) is 4. The quantitative estimate of drug-likeness (QED) is 0.734. The maximum absolute atomic E-state index is 13.7. The molecular formula is C19H23F3N4O2. The highest BCUT2D eigenvalue weighted by Crippen LogP contribution is 2.44. The summed E-state index contributed by atoms with van der Waals surface area (Å²) in [6.07, 6.45) is -2.66. The Hall–Kier alpha value is -2.55. The molecule has 0 spiro atoms. The topological polar surface area (TPSA) is 68.2 Å². The lowest BCUT2D eigenvalue weighted by atomic mass is 9.95. The molecule has 0 radical (unpaired) electrons. The molecule has 2 aromatic rings. The standard InChI is InChI=1S/C19H23F3N4O2/c1-3-12-4-6-13(7-5-12)15-10-16(19(20,21)22)26-17(25-15)14(11-24-26)18(27)23-8-9-28-2/h4-7,11,15-16,25H,3,8-10H2,1-2H3,(H,23,27)/t15-,16-/m0/s1. The molecule has 1 amide bonds. The van der Waals surface area contributed by atoms with Crippen LogP contribution in [0, 0.1) is 0 Å². The van der Waals surface area contributed by atoms with Crippen LogP contribution >= 0.6 is 0 Å². The molecule has 2 heterocycles. The number of hydrogen-bond donors (Lipinski definition) is 2. The molecule has 1 aliphatic heterocycles. The summed E-state index contributed by atoms with van der Waals surface area (Å²) in [5, 5.41) is 9.55. The van der Waals surface area contributed by atoms with Crippen LogP contribution in [0.4, 0.5) is 19.0 Å². The Kier molecular flexibility index (Phi) is 5.93. The van der Waals surface area contributed by atoms with Crippen LogP contribution in [0.5, 0.6) is 0 Å². The highest BCUT2D eigenvalue weighted by atomic mass is 19.4. The Morgan fingerprint density at radius 3 is 2.68 bits per heavy atom. The molecule has 1 aromatic heterocycles. The van der Waals surface area contributed by atoms with E-state index in [1.54, 1.807) is 0 Å². The molecule has 9 heteroatoms. The van der Waals surface area contributed by atoms with Gasteiger partial charge in [-0.3, -0.25) is 4.79 Å². The monoisotopic (exact) mass is 396 g/mol. The SMILES string of the molecule is CCc1ccc([C@@H]2C[C@@H](C(F)(F)F)n3ncc(C(=O)NCCOC)c3N2)cc1. The summed E-state index contributed by atoms with van der Waals surface area (Å²) >= 11 is 0. The van der Waals surface area contributed by atoms with Crippen molar-refractivity contribution in [3.05, 3.63) is 47.2 Å². The number of rotatable bonds is 6. The summed E-state index contributed by atoms with van der Waals surface area (Å²) in [5.41, 5.74) is 1.93. The van der Waals surface area contributed by atoms with Crippen LogP contribution < -0.4 is 10.6 Å². The van der Waals surface area contributed by atoms with Gasteiger partial charge in [0.15, 0.2) is 6.04 Å². The highest BCUT2D eigenvalue weighted by Gasteiger charge is 2.47. The maximum atomic E-state index is 13.7. The van der Waals surface area contributed by atoms with Crippen molar-refractivity contribution in [1.82, 2.24) is 15.1 Å². The lowest BCUT2D eigenvalue weighted by Gasteiger charge is -2.34. The smallest absolute Gasteiger partial charge is 0.383 e. The zero-order valence-electron chi connectivity index (χ0n) is 15.7. The third kappa shape index (κ3) is 4.14. The summed E-state index contributed by atoms with van der Waals surface area (Å²) in [6, 6.07) is 5.09. The number of carbonyl (C=O) groups is 1. The van der Waals surface area contributed by atoms with E-state index in [9.17, 15) is 18.0 Å². The molecule has 1 aromatic carbocycles. The van der Waals surface area contributed by atoms with Gasteiger partial charge < -0.3 is 15.4 Å². The molecule has 0 aliphatic carbocycles. The Bertz CT molecular complexity index is 818. The van der Waals surface area contributed by atoms with E-state index in [1.165, 1.54) is 13.3 Å². The van der Waals surface area contributed by atoms with Crippen molar-refractivity contribution in [2.75, 3.05) is 25.6 Å². The molecule has 0 bridgehead atoms. The fourth-order valence-electron chi connectivity index (χ4n) is 3.29. The fraction of sp³-hybridized carbons (Fsp3) is 0.474. The average Bonchev–Trinajstić information content (AvgIpc) is 3.10. The molecule has 2 N–H and O–H groups in total. The van der Waals surface area contributed by atoms with Crippen LogP contribution in [0.3, 0.4) is 0 Å². The van der Waals surface area contributed by atoms with Gasteiger partial charge in [-0.25, -0.2) is 4.68 Å². The minimum Gasteiger partial charge on any atom is -0.383 e. The molecule has 6 nitrogen and oxygen atoms in total. The van der Waals surface area contributed by atoms with Gasteiger partial charge in [0, 0.05) is 20.1 Å². The zero-order chi connectivity index (χ0) is 20.3. The third-order valence-corrected chi connectivity index (χ3v) is 4.87. The molecule has 2 atom stereocenters. The van der Waals surface area contributed by atoms with Gasteiger partial charge in [-0.15, -0.1) is 0 Å². The number of carbonyl (C=O) groups excluding carboxylic acids is 1. The Morgan fingerprint density at radius 1 is 1.36 bits per heavy atom. The number of fused-ring (bicyclic) bond motifs is 1. The molecule has 3 rings (SSSR count). The van der Waals surface area contributed by atoms with E-state index >= 15 is 0 Å². The van der Waals surface area contributed by atoms with E-state index in [0.717, 1.165) is 22.2 Å². The van der Waals surface area contributed by atoms with Crippen molar-refractivity contribution in [3.63, 3.8) is 0 Å². The molecule has 1 aliphatic rings. The number of nitrogens with one attached hydrogen (secondary N) is 2. The summed E-state index contributed by atoms with van der Waals surface area (Å²) in [4.78, 5) is 12.4. The second kappa shape index (κ2) is 8.22. The minimum absolute atomic E-state index is 0.0769. The first-order valence-corrected chi connectivity index (χ1v) is 9.11. The number of anilines is 1. The first-order chi connectivity index (χ1) is 13.3. The number of ether oxygens (including phenoxy) is 1. The number of benzene rings is 1. The van der Waals surface area contributed by atoms with Gasteiger partial charge in [0.2, 0.25) is 0 Å². The largest absolute Gasteiger partial charge is 0.410 e. The molecule has 0 unspecified atom stereocenters. The molecule has 0 saturated heterocycles. The van der Waals surface area contributed by atoms with Gasteiger partial charge in [0.25, 0.3) is 5.91 Å². The Labute approximate surface area is 161 Å². The van der Waals surface area contributed by atoms with Crippen molar-refractivity contribution in [2.24, 2.45) is 0 Å². The summed E-state index contributed by atoms with van der Waals surface area (Å²) in [7, 11) is 1.50. The fourth-order valence-corrected chi connectivity index (χ4v) is 3.29. The van der Waals surface area contributed by atoms with E-state index in [2.05, 4.69) is 15.7 Å². The first-order valence-electron chi connectivity index (χ1n) is 9.11. The summed E-state index contributed by atoms with van der Waals surface area (Å²) in [6.45, 7) is 2.57. The number of aryl methyl sites for hydroxylation is 1. The molecular weight excluding hydrogens is 373 g/mol. The van der Waals surface area contributed by atoms with Crippen molar-refractivity contribution < 1.29 is 22.7 Å². The summed E-state index contributed by atoms with van der Waals surface area (Å²) < 4.78 is 46.8. The van der Waals surface area contributed by atoms with Crippen LogP contribution in [0.1, 0.15) is 46.9 Å². The van der Waals surface area contributed by atoms with E-state index in [-0.39, 0.29) is 24.3 Å². The lowest BCUT2D eigenvalue weighted by molar-refractivity contribution is -0.173. The molecule has 152 valence electrons. The zero-order valence-corrected chi connectivity index (χ0v) is 15.7. The van der Waals surface area contributed by atoms with E-state index in [0.29, 0.717) is 6.61 Å². The van der Waals surface area contributed by atoms with Gasteiger partial charge >= 0.3 is 6.18 Å². The number of alkyl halides is 3. The summed E-state index contributed by atoms with van der Waals surface area (Å²) in [5.74, 6) is -0.415. The number of amides is 1. The number of methoxy groups -OCH3 is 1. The lowest BCUT2D eigenvalue weighted by Crippen LogP contribution is -2.36. The van der Waals surface area contributed by atoms with Gasteiger partial charge in [0.05, 0.1) is 18.8 Å². The molecule has 0 saturated carbocycles. The predicted octanol–water partition coefficient (Wildman–Crippen LogP) is 3.48. The second-order valence-electron chi connectivity index (χ2n) is 6.69. The molecule has 0 fully saturated rings. The van der Waals surface area contributed by atoms with Crippen molar-refractivity contribution in [1.29, 1.82) is 0 Å². The second-order valence-corrected chi connectivity index (χ2v) is 6.69. The maximum Gasteiger partial charge on any atom is 0.410 e. The Balaban J connectivity index is 1.92. The Morgan fingerprint density at radius 2 is 2.07 bits per heavy atom. The van der Waals surface area contributed by atoms with Gasteiger partial charge in [-0.05, 0) is 17.5 Å². The van der Waals surface area contributed by atoms with E-state index in [4.69, 9.17) is 4.74 Å². The van der Waals surface area contributed by atoms with Crippen LogP contribution in [0.25, 0.3) is 0 Å². The van der Waals surface area contributed by atoms with E-state index < -0.39 is 24.2 Å². The van der Waals surface area contributed by atoms with Crippen molar-refractivity contribution in [2.45, 2.75) is 38.0 Å². The van der Waals surface area contributed by atoms with Crippen LogP contribution in [0.15, 0.2) is 30.5 Å². The highest BCUT2D eigenvalue weighted by molar-refractivity contribution is 5.98. The minimum atomic E-state index is -4.48. The van der Waals surface area contributed by atoms with Crippen LogP contribution in [0.2, 0.25) is 0 Å². The predicted molar refractivity (Wildman–Crippen MR) is 98.3 cm³/mol. The number of aromatic nitrogens is 2. The molecule has 28 heavy (non-hydrogen) atoms. The van der Waals surface area contributed by atoms with Crippen molar-refractivity contribution in [3.8, 4) is 0 Å². The van der Waals surface area contributed by atoms with Crippen molar-refractivity contribution >= 4 is 11.7 Å². The average molecular weight is 396 g/mol. The van der Waals surface area contributed by atoms with E-state index in [1.807, 2.05) is 31.2 Å². The van der Waals surface area contributed by atoms with Gasteiger partial charge in [-0.2, -0.15) is 18.3 Å².